The summed E-state index contributed by atoms with van der Waals surface area (Å²) in [6.45, 7) is 3.49. The molecule has 0 fully saturated rings. The topological polar surface area (TPSA) is 66.4 Å². The zero-order valence-electron chi connectivity index (χ0n) is 11.0. The molecular formula is C14H18ClNO3. The SMILES string of the molecule is CC(CNC(=O)C(C)Cc1ccccc1Cl)C(=O)O. The lowest BCUT2D eigenvalue weighted by molar-refractivity contribution is -0.141. The van der Waals surface area contributed by atoms with Crippen molar-refractivity contribution in [2.75, 3.05) is 6.54 Å². The highest BCUT2D eigenvalue weighted by Crippen LogP contribution is 2.18. The fourth-order valence-corrected chi connectivity index (χ4v) is 1.81. The lowest BCUT2D eigenvalue weighted by atomic mass is 10.00. The molecule has 5 heteroatoms. The van der Waals surface area contributed by atoms with Gasteiger partial charge in [-0.05, 0) is 18.1 Å². The van der Waals surface area contributed by atoms with Gasteiger partial charge < -0.3 is 10.4 Å². The van der Waals surface area contributed by atoms with E-state index in [-0.39, 0.29) is 18.4 Å². The third kappa shape index (κ3) is 4.91. The van der Waals surface area contributed by atoms with Crippen LogP contribution in [-0.2, 0) is 16.0 Å². The number of amides is 1. The van der Waals surface area contributed by atoms with E-state index in [1.165, 1.54) is 0 Å². The summed E-state index contributed by atoms with van der Waals surface area (Å²) in [6, 6.07) is 7.38. The molecule has 2 N–H and O–H groups in total. The van der Waals surface area contributed by atoms with Crippen molar-refractivity contribution in [2.24, 2.45) is 11.8 Å². The maximum absolute atomic E-state index is 11.8. The van der Waals surface area contributed by atoms with E-state index in [2.05, 4.69) is 5.32 Å². The van der Waals surface area contributed by atoms with E-state index >= 15 is 0 Å². The van der Waals surface area contributed by atoms with Gasteiger partial charge in [0, 0.05) is 17.5 Å². The number of benzene rings is 1. The van der Waals surface area contributed by atoms with Gasteiger partial charge in [0.2, 0.25) is 5.91 Å². The monoisotopic (exact) mass is 283 g/mol. The smallest absolute Gasteiger partial charge is 0.308 e. The molecule has 0 saturated heterocycles. The summed E-state index contributed by atoms with van der Waals surface area (Å²) >= 11 is 6.03. The van der Waals surface area contributed by atoms with Gasteiger partial charge in [0.05, 0.1) is 5.92 Å². The average molecular weight is 284 g/mol. The van der Waals surface area contributed by atoms with Gasteiger partial charge in [-0.25, -0.2) is 0 Å². The Kier molecular flexibility index (Phi) is 5.83. The Balaban J connectivity index is 2.50. The Morgan fingerprint density at radius 1 is 1.26 bits per heavy atom. The standard InChI is InChI=1S/C14H18ClNO3/c1-9(7-11-5-3-4-6-12(11)15)13(17)16-8-10(2)14(18)19/h3-6,9-10H,7-8H2,1-2H3,(H,16,17)(H,18,19). The molecule has 2 atom stereocenters. The zero-order valence-corrected chi connectivity index (χ0v) is 11.8. The summed E-state index contributed by atoms with van der Waals surface area (Å²) < 4.78 is 0. The number of carboxylic acids is 1. The lowest BCUT2D eigenvalue weighted by Gasteiger charge is -2.14. The highest BCUT2D eigenvalue weighted by Gasteiger charge is 2.17. The molecule has 0 aromatic heterocycles. The summed E-state index contributed by atoms with van der Waals surface area (Å²) in [5, 5.41) is 12.0. The molecule has 1 amide bonds. The van der Waals surface area contributed by atoms with Crippen LogP contribution >= 0.6 is 11.6 Å². The first-order valence-electron chi connectivity index (χ1n) is 6.15. The minimum absolute atomic E-state index is 0.140. The molecule has 0 bridgehead atoms. The molecule has 0 aliphatic rings. The highest BCUT2D eigenvalue weighted by molar-refractivity contribution is 6.31. The fourth-order valence-electron chi connectivity index (χ4n) is 1.60. The summed E-state index contributed by atoms with van der Waals surface area (Å²) in [7, 11) is 0. The van der Waals surface area contributed by atoms with Gasteiger partial charge in [-0.3, -0.25) is 9.59 Å². The van der Waals surface area contributed by atoms with Crippen LogP contribution in [0.15, 0.2) is 24.3 Å². The van der Waals surface area contributed by atoms with E-state index in [0.29, 0.717) is 11.4 Å². The first kappa shape index (κ1) is 15.5. The second-order valence-electron chi connectivity index (χ2n) is 4.68. The third-order valence-corrected chi connectivity index (χ3v) is 3.30. The Labute approximate surface area is 117 Å². The number of hydrogen-bond acceptors (Lipinski definition) is 2. The minimum atomic E-state index is -0.918. The first-order valence-corrected chi connectivity index (χ1v) is 6.53. The van der Waals surface area contributed by atoms with E-state index in [1.807, 2.05) is 18.2 Å². The van der Waals surface area contributed by atoms with Crippen LogP contribution in [0.2, 0.25) is 5.02 Å². The number of carbonyl (C=O) groups excluding carboxylic acids is 1. The van der Waals surface area contributed by atoms with E-state index in [4.69, 9.17) is 16.7 Å². The van der Waals surface area contributed by atoms with Gasteiger partial charge in [-0.2, -0.15) is 0 Å². The van der Waals surface area contributed by atoms with Gasteiger partial charge in [0.15, 0.2) is 0 Å². The van der Waals surface area contributed by atoms with Crippen molar-refractivity contribution >= 4 is 23.5 Å². The number of carbonyl (C=O) groups is 2. The summed E-state index contributed by atoms with van der Waals surface area (Å²) in [4.78, 5) is 22.5. The van der Waals surface area contributed by atoms with Crippen LogP contribution in [0.5, 0.6) is 0 Å². The van der Waals surface area contributed by atoms with Crippen LogP contribution in [0.25, 0.3) is 0 Å². The van der Waals surface area contributed by atoms with Crippen LogP contribution in [-0.4, -0.2) is 23.5 Å². The highest BCUT2D eigenvalue weighted by atomic mass is 35.5. The van der Waals surface area contributed by atoms with Crippen LogP contribution in [0, 0.1) is 11.8 Å². The number of hydrogen-bond donors (Lipinski definition) is 2. The number of rotatable bonds is 6. The number of halogens is 1. The zero-order chi connectivity index (χ0) is 14.4. The third-order valence-electron chi connectivity index (χ3n) is 2.94. The van der Waals surface area contributed by atoms with Gasteiger partial charge in [0.25, 0.3) is 0 Å². The molecule has 1 aromatic rings. The fraction of sp³-hybridized carbons (Fsp3) is 0.429. The Morgan fingerprint density at radius 3 is 2.47 bits per heavy atom. The molecule has 19 heavy (non-hydrogen) atoms. The van der Waals surface area contributed by atoms with Gasteiger partial charge in [0.1, 0.15) is 0 Å². The molecule has 1 aromatic carbocycles. The number of carboxylic acid groups (broad SMARTS) is 1. The molecule has 104 valence electrons. The van der Waals surface area contributed by atoms with Crippen molar-refractivity contribution in [2.45, 2.75) is 20.3 Å². The molecule has 0 aliphatic carbocycles. The molecule has 0 saturated carbocycles. The molecule has 0 heterocycles. The molecule has 0 aliphatic heterocycles. The van der Waals surface area contributed by atoms with Crippen molar-refractivity contribution in [1.29, 1.82) is 0 Å². The van der Waals surface area contributed by atoms with Gasteiger partial charge in [-0.15, -0.1) is 0 Å². The summed E-state index contributed by atoms with van der Waals surface area (Å²) in [5.74, 6) is -1.91. The largest absolute Gasteiger partial charge is 0.481 e. The Hall–Kier alpha value is -1.55. The van der Waals surface area contributed by atoms with Crippen LogP contribution in [0.1, 0.15) is 19.4 Å². The van der Waals surface area contributed by atoms with Crippen molar-refractivity contribution in [3.63, 3.8) is 0 Å². The second-order valence-corrected chi connectivity index (χ2v) is 5.09. The van der Waals surface area contributed by atoms with E-state index in [1.54, 1.807) is 19.9 Å². The normalized spacial score (nSPS) is 13.6. The number of aliphatic carboxylic acids is 1. The summed E-state index contributed by atoms with van der Waals surface area (Å²) in [6.07, 6.45) is 0.535. The Bertz CT molecular complexity index is 462. The quantitative estimate of drug-likeness (QED) is 0.842. The molecule has 1 rings (SSSR count). The van der Waals surface area contributed by atoms with Crippen LogP contribution in [0.3, 0.4) is 0 Å². The average Bonchev–Trinajstić information content (AvgIpc) is 2.37. The van der Waals surface area contributed by atoms with Crippen molar-refractivity contribution in [3.05, 3.63) is 34.9 Å². The lowest BCUT2D eigenvalue weighted by Crippen LogP contribution is -2.35. The number of nitrogens with one attached hydrogen (secondary N) is 1. The summed E-state index contributed by atoms with van der Waals surface area (Å²) in [5.41, 5.74) is 0.915. The van der Waals surface area contributed by atoms with Gasteiger partial charge in [-0.1, -0.05) is 43.6 Å². The van der Waals surface area contributed by atoms with Gasteiger partial charge >= 0.3 is 5.97 Å². The van der Waals surface area contributed by atoms with Crippen molar-refractivity contribution in [1.82, 2.24) is 5.32 Å². The Morgan fingerprint density at radius 2 is 1.89 bits per heavy atom. The van der Waals surface area contributed by atoms with Crippen LogP contribution in [0.4, 0.5) is 0 Å². The second kappa shape index (κ2) is 7.14. The van der Waals surface area contributed by atoms with E-state index in [0.717, 1.165) is 5.56 Å². The maximum Gasteiger partial charge on any atom is 0.308 e. The molecule has 2 unspecified atom stereocenters. The molecular weight excluding hydrogens is 266 g/mol. The predicted octanol–water partition coefficient (Wildman–Crippen LogP) is 2.36. The first-order chi connectivity index (χ1) is 8.91. The predicted molar refractivity (Wildman–Crippen MR) is 74.1 cm³/mol. The van der Waals surface area contributed by atoms with E-state index in [9.17, 15) is 9.59 Å². The maximum atomic E-state index is 11.8. The molecule has 4 nitrogen and oxygen atoms in total. The van der Waals surface area contributed by atoms with Crippen molar-refractivity contribution < 1.29 is 14.7 Å². The molecule has 0 spiro atoms. The van der Waals surface area contributed by atoms with Crippen molar-refractivity contribution in [3.8, 4) is 0 Å². The van der Waals surface area contributed by atoms with Crippen LogP contribution < -0.4 is 5.32 Å². The minimum Gasteiger partial charge on any atom is -0.481 e. The van der Waals surface area contributed by atoms with E-state index < -0.39 is 11.9 Å². The molecule has 0 radical (unpaired) electrons.